The molecular weight excluding hydrogens is 318 g/mol. The zero-order valence-corrected chi connectivity index (χ0v) is 14.5. The lowest BCUT2D eigenvalue weighted by atomic mass is 10.0. The molecule has 1 aliphatic heterocycles. The minimum atomic E-state index is -0.632. The Balaban J connectivity index is 1.61. The maximum Gasteiger partial charge on any atom is 0.191 e. The van der Waals surface area contributed by atoms with Crippen LogP contribution in [0.4, 0.5) is 0 Å². The highest BCUT2D eigenvalue weighted by Crippen LogP contribution is 2.22. The van der Waals surface area contributed by atoms with Crippen molar-refractivity contribution in [3.8, 4) is 11.1 Å². The van der Waals surface area contributed by atoms with Gasteiger partial charge in [-0.2, -0.15) is 11.8 Å². The number of rotatable bonds is 4. The van der Waals surface area contributed by atoms with E-state index in [0.29, 0.717) is 12.5 Å². The number of nitrogens with zero attached hydrogens (tertiary/aromatic N) is 2. The zero-order chi connectivity index (χ0) is 16.8. The summed E-state index contributed by atoms with van der Waals surface area (Å²) in [5.74, 6) is 2.70. The number of hydrogen-bond donors (Lipinski definition) is 2. The van der Waals surface area contributed by atoms with Gasteiger partial charge in [-0.15, -0.1) is 0 Å². The summed E-state index contributed by atoms with van der Waals surface area (Å²) >= 11 is 1.94. The zero-order valence-electron chi connectivity index (χ0n) is 13.6. The lowest BCUT2D eigenvalue weighted by Crippen LogP contribution is -2.42. The van der Waals surface area contributed by atoms with Crippen molar-refractivity contribution in [1.82, 2.24) is 4.90 Å². The molecule has 1 aliphatic rings. The monoisotopic (exact) mass is 341 g/mol. The number of benzene rings is 2. The Labute approximate surface area is 147 Å². The van der Waals surface area contributed by atoms with Crippen LogP contribution in [0.3, 0.4) is 0 Å². The van der Waals surface area contributed by atoms with Gasteiger partial charge in [-0.25, -0.2) is 0 Å². The molecule has 0 amide bonds. The van der Waals surface area contributed by atoms with Crippen molar-refractivity contribution in [1.29, 1.82) is 0 Å². The highest BCUT2D eigenvalue weighted by atomic mass is 32.2. The second-order valence-electron chi connectivity index (χ2n) is 5.80. The maximum absolute atomic E-state index is 10.3. The van der Waals surface area contributed by atoms with Crippen LogP contribution in [0.5, 0.6) is 0 Å². The number of aliphatic hydroxyl groups excluding tert-OH is 1. The van der Waals surface area contributed by atoms with Crippen LogP contribution in [0.1, 0.15) is 11.7 Å². The lowest BCUT2D eigenvalue weighted by molar-refractivity contribution is 0.186. The summed E-state index contributed by atoms with van der Waals surface area (Å²) in [6.07, 6.45) is -0.632. The van der Waals surface area contributed by atoms with Crippen molar-refractivity contribution in [3.63, 3.8) is 0 Å². The quantitative estimate of drug-likeness (QED) is 0.663. The van der Waals surface area contributed by atoms with E-state index in [-0.39, 0.29) is 0 Å². The first-order valence-corrected chi connectivity index (χ1v) is 9.35. The average molecular weight is 341 g/mol. The lowest BCUT2D eigenvalue weighted by Gasteiger charge is -2.27. The molecule has 3 rings (SSSR count). The molecule has 0 saturated carbocycles. The summed E-state index contributed by atoms with van der Waals surface area (Å²) in [6, 6.07) is 18.2. The number of guanidine groups is 1. The number of hydrogen-bond acceptors (Lipinski definition) is 3. The van der Waals surface area contributed by atoms with E-state index in [4.69, 9.17) is 5.73 Å². The Morgan fingerprint density at radius 3 is 2.33 bits per heavy atom. The molecule has 1 saturated heterocycles. The molecule has 0 radical (unpaired) electrons. The number of thioether (sulfide) groups is 1. The van der Waals surface area contributed by atoms with E-state index in [2.05, 4.69) is 22.0 Å². The molecule has 1 unspecified atom stereocenters. The van der Waals surface area contributed by atoms with Crippen molar-refractivity contribution in [2.24, 2.45) is 10.7 Å². The first-order valence-electron chi connectivity index (χ1n) is 8.20. The van der Waals surface area contributed by atoms with Gasteiger partial charge in [0.15, 0.2) is 5.96 Å². The molecule has 5 heteroatoms. The summed E-state index contributed by atoms with van der Waals surface area (Å²) < 4.78 is 0. The molecule has 1 fully saturated rings. The Morgan fingerprint density at radius 1 is 1.04 bits per heavy atom. The van der Waals surface area contributed by atoms with Crippen LogP contribution < -0.4 is 5.73 Å². The van der Waals surface area contributed by atoms with Crippen molar-refractivity contribution in [3.05, 3.63) is 60.2 Å². The SMILES string of the molecule is NC(=NCC(O)c1ccc(-c2ccccc2)cc1)N1CCSCC1. The minimum absolute atomic E-state index is 0.292. The third-order valence-corrected chi connectivity index (χ3v) is 5.11. The van der Waals surface area contributed by atoms with Gasteiger partial charge >= 0.3 is 0 Å². The first-order chi connectivity index (χ1) is 11.7. The van der Waals surface area contributed by atoms with Gasteiger partial charge in [0.2, 0.25) is 0 Å². The molecule has 2 aromatic carbocycles. The second-order valence-corrected chi connectivity index (χ2v) is 7.03. The predicted octanol–water partition coefficient (Wildman–Crippen LogP) is 2.75. The van der Waals surface area contributed by atoms with E-state index < -0.39 is 6.10 Å². The highest BCUT2D eigenvalue weighted by Gasteiger charge is 2.13. The molecule has 3 N–H and O–H groups in total. The van der Waals surface area contributed by atoms with Gasteiger partial charge in [0, 0.05) is 24.6 Å². The van der Waals surface area contributed by atoms with E-state index >= 15 is 0 Å². The summed E-state index contributed by atoms with van der Waals surface area (Å²) in [7, 11) is 0. The van der Waals surface area contributed by atoms with E-state index in [0.717, 1.165) is 35.7 Å². The Morgan fingerprint density at radius 2 is 1.67 bits per heavy atom. The summed E-state index contributed by atoms with van der Waals surface area (Å²) in [5, 5.41) is 10.3. The molecule has 0 aromatic heterocycles. The molecule has 0 aliphatic carbocycles. The van der Waals surface area contributed by atoms with Crippen LogP contribution in [-0.4, -0.2) is 47.1 Å². The summed E-state index contributed by atoms with van der Waals surface area (Å²) in [4.78, 5) is 6.45. The van der Waals surface area contributed by atoms with E-state index in [9.17, 15) is 5.11 Å². The Kier molecular flexibility index (Phi) is 5.77. The molecule has 2 aromatic rings. The Bertz CT molecular complexity index is 667. The van der Waals surface area contributed by atoms with Crippen molar-refractivity contribution >= 4 is 17.7 Å². The minimum Gasteiger partial charge on any atom is -0.386 e. The largest absolute Gasteiger partial charge is 0.386 e. The van der Waals surface area contributed by atoms with Crippen LogP contribution in [0.2, 0.25) is 0 Å². The molecule has 1 heterocycles. The van der Waals surface area contributed by atoms with Gasteiger partial charge in [-0.3, -0.25) is 4.99 Å². The fourth-order valence-corrected chi connectivity index (χ4v) is 3.61. The van der Waals surface area contributed by atoms with Crippen LogP contribution >= 0.6 is 11.8 Å². The standard InChI is InChI=1S/C19H23N3OS/c20-19(22-10-12-24-13-11-22)21-14-18(23)17-8-6-16(7-9-17)15-4-2-1-3-5-15/h1-9,18,23H,10-14H2,(H2,20,21). The van der Waals surface area contributed by atoms with E-state index in [1.165, 1.54) is 5.56 Å². The fraction of sp³-hybridized carbons (Fsp3) is 0.316. The molecule has 4 nitrogen and oxygen atoms in total. The van der Waals surface area contributed by atoms with Gasteiger partial charge in [-0.05, 0) is 16.7 Å². The van der Waals surface area contributed by atoms with Gasteiger partial charge in [0.05, 0.1) is 12.6 Å². The van der Waals surface area contributed by atoms with Gasteiger partial charge < -0.3 is 15.7 Å². The number of aliphatic hydroxyl groups is 1. The van der Waals surface area contributed by atoms with Crippen LogP contribution in [-0.2, 0) is 0 Å². The first kappa shape index (κ1) is 16.9. The number of aliphatic imine (C=N–C) groups is 1. The number of nitrogens with two attached hydrogens (primary N) is 1. The molecule has 1 atom stereocenters. The predicted molar refractivity (Wildman–Crippen MR) is 102 cm³/mol. The molecule has 0 spiro atoms. The fourth-order valence-electron chi connectivity index (χ4n) is 2.71. The molecule has 126 valence electrons. The van der Waals surface area contributed by atoms with Crippen LogP contribution in [0.25, 0.3) is 11.1 Å². The van der Waals surface area contributed by atoms with E-state index in [1.54, 1.807) is 0 Å². The third kappa shape index (κ3) is 4.30. The Hall–Kier alpha value is -1.98. The van der Waals surface area contributed by atoms with Crippen LogP contribution in [0.15, 0.2) is 59.6 Å². The maximum atomic E-state index is 10.3. The smallest absolute Gasteiger partial charge is 0.191 e. The van der Waals surface area contributed by atoms with Crippen LogP contribution in [0, 0.1) is 0 Å². The van der Waals surface area contributed by atoms with E-state index in [1.807, 2.05) is 54.2 Å². The molecular formula is C19H23N3OS. The third-order valence-electron chi connectivity index (χ3n) is 4.16. The topological polar surface area (TPSA) is 61.9 Å². The average Bonchev–Trinajstić information content (AvgIpc) is 2.67. The molecule has 0 bridgehead atoms. The van der Waals surface area contributed by atoms with Crippen molar-refractivity contribution in [2.45, 2.75) is 6.10 Å². The molecule has 24 heavy (non-hydrogen) atoms. The van der Waals surface area contributed by atoms with Gasteiger partial charge in [-0.1, -0.05) is 54.6 Å². The van der Waals surface area contributed by atoms with Crippen molar-refractivity contribution < 1.29 is 5.11 Å². The normalized spacial score (nSPS) is 16.9. The van der Waals surface area contributed by atoms with Gasteiger partial charge in [0.1, 0.15) is 0 Å². The summed E-state index contributed by atoms with van der Waals surface area (Å²) in [6.45, 7) is 2.16. The van der Waals surface area contributed by atoms with Crippen molar-refractivity contribution in [2.75, 3.05) is 31.1 Å². The van der Waals surface area contributed by atoms with Gasteiger partial charge in [0.25, 0.3) is 0 Å². The highest BCUT2D eigenvalue weighted by molar-refractivity contribution is 7.99. The second kappa shape index (κ2) is 8.22. The summed E-state index contributed by atoms with van der Waals surface area (Å²) in [5.41, 5.74) is 9.20.